The summed E-state index contributed by atoms with van der Waals surface area (Å²) >= 11 is 0. The molecule has 2 heterocycles. The molecule has 0 aromatic carbocycles. The number of nitrogens with one attached hydrogen (secondary N) is 1. The summed E-state index contributed by atoms with van der Waals surface area (Å²) in [4.78, 5) is 33.2. The predicted octanol–water partition coefficient (Wildman–Crippen LogP) is 2.02. The van der Waals surface area contributed by atoms with Crippen LogP contribution >= 0.6 is 0 Å². The highest BCUT2D eigenvalue weighted by atomic mass is 16.2. The fourth-order valence-electron chi connectivity index (χ4n) is 3.97. The van der Waals surface area contributed by atoms with Gasteiger partial charge in [-0.15, -0.1) is 0 Å². The molecule has 0 radical (unpaired) electrons. The molecule has 1 saturated heterocycles. The highest BCUT2D eigenvalue weighted by Crippen LogP contribution is 2.52. The topological polar surface area (TPSA) is 65.5 Å². The Morgan fingerprint density at radius 2 is 1.84 bits per heavy atom. The van der Waals surface area contributed by atoms with E-state index in [9.17, 15) is 9.59 Å². The summed E-state index contributed by atoms with van der Waals surface area (Å²) in [7, 11) is 2.13. The van der Waals surface area contributed by atoms with Crippen molar-refractivity contribution < 1.29 is 9.59 Å². The molecule has 1 saturated carbocycles. The fourth-order valence-corrected chi connectivity index (χ4v) is 3.97. The molecule has 0 spiro atoms. The molecule has 0 unspecified atom stereocenters. The quantitative estimate of drug-likeness (QED) is 0.905. The van der Waals surface area contributed by atoms with Gasteiger partial charge in [0.05, 0.1) is 11.9 Å². The number of hydrogen-bond donors (Lipinski definition) is 1. The van der Waals surface area contributed by atoms with Gasteiger partial charge in [0, 0.05) is 38.0 Å². The Morgan fingerprint density at radius 3 is 2.36 bits per heavy atom. The zero-order chi connectivity index (χ0) is 18.2. The number of carbonyl (C=O) groups is 2. The molecule has 136 valence electrons. The molecule has 1 aliphatic heterocycles. The van der Waals surface area contributed by atoms with Crippen molar-refractivity contribution in [1.29, 1.82) is 0 Å². The molecule has 1 aromatic rings. The van der Waals surface area contributed by atoms with Crippen molar-refractivity contribution in [2.24, 2.45) is 17.3 Å². The second kappa shape index (κ2) is 6.75. The lowest BCUT2D eigenvalue weighted by Crippen LogP contribution is -2.53. The van der Waals surface area contributed by atoms with Crippen LogP contribution in [0.5, 0.6) is 0 Å². The maximum absolute atomic E-state index is 12.5. The molecule has 1 N–H and O–H groups in total. The van der Waals surface area contributed by atoms with Crippen molar-refractivity contribution in [3.63, 3.8) is 0 Å². The second-order valence-corrected chi connectivity index (χ2v) is 7.96. The maximum atomic E-state index is 12.5. The third-order valence-electron chi connectivity index (χ3n) is 5.92. The fraction of sp³-hybridized carbons (Fsp3) is 0.632. The summed E-state index contributed by atoms with van der Waals surface area (Å²) < 4.78 is 0. The minimum atomic E-state index is -0.275. The van der Waals surface area contributed by atoms with Gasteiger partial charge in [-0.2, -0.15) is 0 Å². The van der Waals surface area contributed by atoms with E-state index < -0.39 is 0 Å². The zero-order valence-corrected chi connectivity index (χ0v) is 15.6. The number of pyridine rings is 1. The molecule has 2 aliphatic rings. The summed E-state index contributed by atoms with van der Waals surface area (Å²) in [6.45, 7) is 9.63. The highest BCUT2D eigenvalue weighted by molar-refractivity contribution is 5.95. The van der Waals surface area contributed by atoms with Crippen LogP contribution in [0.2, 0.25) is 0 Å². The van der Waals surface area contributed by atoms with Crippen LogP contribution in [0.25, 0.3) is 0 Å². The number of ketones is 1. The molecule has 1 amide bonds. The lowest BCUT2D eigenvalue weighted by atomic mass is 9.53. The number of hydrogen-bond acceptors (Lipinski definition) is 5. The van der Waals surface area contributed by atoms with Gasteiger partial charge in [-0.1, -0.05) is 13.8 Å². The molecule has 2 fully saturated rings. The van der Waals surface area contributed by atoms with E-state index in [0.717, 1.165) is 32.0 Å². The number of anilines is 2. The molecule has 6 nitrogen and oxygen atoms in total. The van der Waals surface area contributed by atoms with Gasteiger partial charge in [-0.05, 0) is 37.9 Å². The van der Waals surface area contributed by atoms with Crippen LogP contribution < -0.4 is 10.2 Å². The largest absolute Gasteiger partial charge is 0.354 e. The Hall–Kier alpha value is -1.95. The Morgan fingerprint density at radius 1 is 1.16 bits per heavy atom. The number of aromatic nitrogens is 1. The molecule has 25 heavy (non-hydrogen) atoms. The van der Waals surface area contributed by atoms with E-state index in [1.54, 1.807) is 13.1 Å². The summed E-state index contributed by atoms with van der Waals surface area (Å²) in [6.07, 6.45) is 2.36. The van der Waals surface area contributed by atoms with Crippen molar-refractivity contribution >= 4 is 23.2 Å². The lowest BCUT2D eigenvalue weighted by molar-refractivity contribution is -0.145. The Bertz CT molecular complexity index is 648. The molecule has 3 rings (SSSR count). The van der Waals surface area contributed by atoms with E-state index in [2.05, 4.69) is 27.1 Å². The Balaban J connectivity index is 1.59. The number of piperazine rings is 1. The Labute approximate surface area is 149 Å². The van der Waals surface area contributed by atoms with Gasteiger partial charge in [0.25, 0.3) is 0 Å². The van der Waals surface area contributed by atoms with Crippen molar-refractivity contribution in [2.75, 3.05) is 43.4 Å². The van der Waals surface area contributed by atoms with E-state index >= 15 is 0 Å². The minimum Gasteiger partial charge on any atom is -0.354 e. The molecule has 2 atom stereocenters. The first-order chi connectivity index (χ1) is 11.8. The van der Waals surface area contributed by atoms with Gasteiger partial charge < -0.3 is 15.1 Å². The molecule has 1 aliphatic carbocycles. The number of nitrogens with zero attached hydrogens (tertiary/aromatic N) is 3. The van der Waals surface area contributed by atoms with Crippen LogP contribution in [-0.4, -0.2) is 54.8 Å². The van der Waals surface area contributed by atoms with Crippen molar-refractivity contribution in [2.45, 2.75) is 27.2 Å². The van der Waals surface area contributed by atoms with Crippen LogP contribution in [0.3, 0.4) is 0 Å². The average molecular weight is 344 g/mol. The van der Waals surface area contributed by atoms with Crippen molar-refractivity contribution in [3.8, 4) is 0 Å². The monoisotopic (exact) mass is 344 g/mol. The summed E-state index contributed by atoms with van der Waals surface area (Å²) in [6, 6.07) is 3.87. The van der Waals surface area contributed by atoms with E-state index in [1.165, 1.54) is 0 Å². The molecule has 1 aromatic heterocycles. The third kappa shape index (κ3) is 3.54. The van der Waals surface area contributed by atoms with Gasteiger partial charge in [-0.3, -0.25) is 9.59 Å². The van der Waals surface area contributed by atoms with Gasteiger partial charge in [0.15, 0.2) is 0 Å². The highest BCUT2D eigenvalue weighted by Gasteiger charge is 2.53. The number of likely N-dealkylation sites (N-methyl/N-ethyl adjacent to an activating group) is 1. The number of Topliss-reactive ketones (excluding diaryl/α,β-unsaturated/α-hetero) is 1. The minimum absolute atomic E-state index is 0.0130. The zero-order valence-electron chi connectivity index (χ0n) is 15.6. The van der Waals surface area contributed by atoms with Gasteiger partial charge in [0.2, 0.25) is 5.91 Å². The molecular formula is C19H28N4O2. The van der Waals surface area contributed by atoms with E-state index in [4.69, 9.17) is 0 Å². The summed E-state index contributed by atoms with van der Waals surface area (Å²) in [5.74, 6) is 0.968. The van der Waals surface area contributed by atoms with E-state index in [1.807, 2.05) is 26.0 Å². The number of carbonyl (C=O) groups excluding carboxylic acids is 2. The van der Waals surface area contributed by atoms with Crippen LogP contribution in [-0.2, 0) is 9.59 Å². The van der Waals surface area contributed by atoms with Crippen LogP contribution in [0.15, 0.2) is 18.3 Å². The van der Waals surface area contributed by atoms with E-state index in [0.29, 0.717) is 12.1 Å². The lowest BCUT2D eigenvalue weighted by Gasteiger charge is -2.49. The SMILES string of the molecule is CC(=O)[C@@H]1C[C@H](C(=O)Nc2ccc(N3CCN(C)CC3)nc2)C1(C)C. The number of rotatable bonds is 4. The predicted molar refractivity (Wildman–Crippen MR) is 98.6 cm³/mol. The average Bonchev–Trinajstić information content (AvgIpc) is 2.55. The van der Waals surface area contributed by atoms with Crippen LogP contribution in [0, 0.1) is 17.3 Å². The molecule has 6 heteroatoms. The Kier molecular flexibility index (Phi) is 4.82. The molecule has 0 bridgehead atoms. The van der Waals surface area contributed by atoms with Gasteiger partial charge in [-0.25, -0.2) is 4.98 Å². The first-order valence-corrected chi connectivity index (χ1v) is 9.00. The van der Waals surface area contributed by atoms with Crippen LogP contribution in [0.1, 0.15) is 27.2 Å². The standard InChI is InChI=1S/C19H28N4O2/c1-13(24)15-11-16(19(15,2)3)18(25)21-14-5-6-17(20-12-14)23-9-7-22(4)8-10-23/h5-6,12,15-16H,7-11H2,1-4H3,(H,21,25)/t15-,16+/m0/s1. The normalized spacial score (nSPS) is 26.0. The first kappa shape index (κ1) is 17.9. The van der Waals surface area contributed by atoms with Gasteiger partial charge in [0.1, 0.15) is 11.6 Å². The van der Waals surface area contributed by atoms with Crippen LogP contribution in [0.4, 0.5) is 11.5 Å². The van der Waals surface area contributed by atoms with Crippen molar-refractivity contribution in [3.05, 3.63) is 18.3 Å². The smallest absolute Gasteiger partial charge is 0.228 e. The number of amides is 1. The van der Waals surface area contributed by atoms with Crippen molar-refractivity contribution in [1.82, 2.24) is 9.88 Å². The molecular weight excluding hydrogens is 316 g/mol. The third-order valence-corrected chi connectivity index (χ3v) is 5.92. The first-order valence-electron chi connectivity index (χ1n) is 9.00. The van der Waals surface area contributed by atoms with E-state index in [-0.39, 0.29) is 28.9 Å². The van der Waals surface area contributed by atoms with Gasteiger partial charge >= 0.3 is 0 Å². The summed E-state index contributed by atoms with van der Waals surface area (Å²) in [5.41, 5.74) is 0.438. The second-order valence-electron chi connectivity index (χ2n) is 7.96. The summed E-state index contributed by atoms with van der Waals surface area (Å²) in [5, 5.41) is 2.96. The maximum Gasteiger partial charge on any atom is 0.228 e.